The molecule has 0 unspecified atom stereocenters. The molecule has 0 amide bonds. The van der Waals surface area contributed by atoms with Gasteiger partial charge in [0.15, 0.2) is 0 Å². The first-order chi connectivity index (χ1) is 14.7. The van der Waals surface area contributed by atoms with Gasteiger partial charge in [0.2, 0.25) is 0 Å². The lowest BCUT2D eigenvalue weighted by molar-refractivity contribution is -0.137. The van der Waals surface area contributed by atoms with Crippen LogP contribution in [0.15, 0.2) is 48.5 Å². The van der Waals surface area contributed by atoms with Crippen LogP contribution in [0.3, 0.4) is 0 Å². The zero-order valence-corrected chi connectivity index (χ0v) is 18.3. The van der Waals surface area contributed by atoms with Gasteiger partial charge in [-0.05, 0) is 79.4 Å². The second-order valence-corrected chi connectivity index (χ2v) is 8.26. The zero-order valence-electron chi connectivity index (χ0n) is 17.5. The Hall–Kier alpha value is -2.80. The molecule has 1 heterocycles. The molecule has 0 spiro atoms. The van der Waals surface area contributed by atoms with E-state index in [2.05, 4.69) is 0 Å². The third kappa shape index (κ3) is 5.67. The van der Waals surface area contributed by atoms with E-state index in [1.807, 2.05) is 32.0 Å². The average molecular weight is 449 g/mol. The molecular weight excluding hydrogens is 425 g/mol. The van der Waals surface area contributed by atoms with Crippen LogP contribution in [0.25, 0.3) is 11.1 Å². The summed E-state index contributed by atoms with van der Waals surface area (Å²) < 4.78 is 49.3. The monoisotopic (exact) mass is 448 g/mol. The summed E-state index contributed by atoms with van der Waals surface area (Å²) in [6, 6.07) is 12.6. The molecule has 31 heavy (non-hydrogen) atoms. The third-order valence-electron chi connectivity index (χ3n) is 4.76. The summed E-state index contributed by atoms with van der Waals surface area (Å²) in [4.78, 5) is 13.3. The van der Waals surface area contributed by atoms with Crippen molar-refractivity contribution in [2.75, 3.05) is 13.2 Å². The van der Waals surface area contributed by atoms with Crippen LogP contribution in [-0.4, -0.2) is 19.2 Å². The van der Waals surface area contributed by atoms with E-state index in [-0.39, 0.29) is 5.97 Å². The largest absolute Gasteiger partial charge is 0.493 e. The molecule has 3 nitrogen and oxygen atoms in total. The van der Waals surface area contributed by atoms with Crippen LogP contribution in [0.1, 0.15) is 38.2 Å². The van der Waals surface area contributed by atoms with Crippen LogP contribution in [-0.2, 0) is 17.3 Å². The highest BCUT2D eigenvalue weighted by atomic mass is 32.1. The first kappa shape index (κ1) is 22.9. The van der Waals surface area contributed by atoms with Gasteiger partial charge in [0.25, 0.3) is 0 Å². The van der Waals surface area contributed by atoms with Crippen LogP contribution in [0.5, 0.6) is 5.75 Å². The van der Waals surface area contributed by atoms with E-state index in [0.29, 0.717) is 30.3 Å². The number of hydrogen-bond donors (Lipinski definition) is 0. The standard InChI is InChI=1S/C24H23F3O3S/c1-4-29-23(28)21-10-9-20(31-21)11-12-30-19-13-15(2)22(16(3)14-19)17-5-7-18(8-6-17)24(25,26)27/h5-10,13-14H,4,11-12H2,1-3H3. The number of aryl methyl sites for hydroxylation is 2. The molecule has 7 heteroatoms. The minimum Gasteiger partial charge on any atom is -0.493 e. The highest BCUT2D eigenvalue weighted by Crippen LogP contribution is 2.34. The van der Waals surface area contributed by atoms with Crippen LogP contribution < -0.4 is 4.74 Å². The predicted octanol–water partition coefficient (Wildman–Crippen LogP) is 6.85. The van der Waals surface area contributed by atoms with Gasteiger partial charge in [0.05, 0.1) is 18.8 Å². The lowest BCUT2D eigenvalue weighted by Gasteiger charge is -2.15. The number of rotatable bonds is 7. The van der Waals surface area contributed by atoms with Crippen molar-refractivity contribution in [1.29, 1.82) is 0 Å². The Labute approximate surface area is 183 Å². The first-order valence-corrected chi connectivity index (χ1v) is 10.7. The van der Waals surface area contributed by atoms with Crippen molar-refractivity contribution in [2.24, 2.45) is 0 Å². The van der Waals surface area contributed by atoms with Gasteiger partial charge in [-0.3, -0.25) is 0 Å². The van der Waals surface area contributed by atoms with Crippen LogP contribution >= 0.6 is 11.3 Å². The van der Waals surface area contributed by atoms with Gasteiger partial charge < -0.3 is 9.47 Å². The van der Waals surface area contributed by atoms with Gasteiger partial charge in [0.1, 0.15) is 10.6 Å². The lowest BCUT2D eigenvalue weighted by Crippen LogP contribution is -2.04. The molecule has 0 saturated carbocycles. The number of halogens is 3. The van der Waals surface area contributed by atoms with Gasteiger partial charge in [-0.15, -0.1) is 11.3 Å². The Morgan fingerprint density at radius 2 is 1.65 bits per heavy atom. The summed E-state index contributed by atoms with van der Waals surface area (Å²) in [5.74, 6) is 0.387. The van der Waals surface area contributed by atoms with Gasteiger partial charge in [-0.25, -0.2) is 4.79 Å². The van der Waals surface area contributed by atoms with Crippen molar-refractivity contribution in [3.05, 3.63) is 75.0 Å². The molecule has 0 fully saturated rings. The van der Waals surface area contributed by atoms with Crippen molar-refractivity contribution in [3.8, 4) is 16.9 Å². The fraction of sp³-hybridized carbons (Fsp3) is 0.292. The van der Waals surface area contributed by atoms with Crippen LogP contribution in [0.4, 0.5) is 13.2 Å². The smallest absolute Gasteiger partial charge is 0.416 e. The van der Waals surface area contributed by atoms with E-state index in [9.17, 15) is 18.0 Å². The Balaban J connectivity index is 1.66. The second kappa shape index (κ2) is 9.56. The van der Waals surface area contributed by atoms with Gasteiger partial charge >= 0.3 is 12.1 Å². The molecule has 1 aromatic heterocycles. The molecule has 0 saturated heterocycles. The molecule has 0 bridgehead atoms. The summed E-state index contributed by atoms with van der Waals surface area (Å²) in [5, 5.41) is 0. The maximum atomic E-state index is 12.8. The predicted molar refractivity (Wildman–Crippen MR) is 116 cm³/mol. The van der Waals surface area contributed by atoms with Gasteiger partial charge in [-0.1, -0.05) is 12.1 Å². The zero-order chi connectivity index (χ0) is 22.6. The van der Waals surface area contributed by atoms with E-state index >= 15 is 0 Å². The minimum atomic E-state index is -4.35. The third-order valence-corrected chi connectivity index (χ3v) is 5.89. The molecule has 0 N–H and O–H groups in total. The molecular formula is C24H23F3O3S. The van der Waals surface area contributed by atoms with Crippen molar-refractivity contribution in [1.82, 2.24) is 0 Å². The lowest BCUT2D eigenvalue weighted by atomic mass is 9.94. The fourth-order valence-electron chi connectivity index (χ4n) is 3.38. The summed E-state index contributed by atoms with van der Waals surface area (Å²) in [5.41, 5.74) is 2.83. The average Bonchev–Trinajstić information content (AvgIpc) is 3.16. The number of alkyl halides is 3. The number of carbonyl (C=O) groups excluding carboxylic acids is 1. The van der Waals surface area contributed by atoms with Crippen molar-refractivity contribution in [3.63, 3.8) is 0 Å². The van der Waals surface area contributed by atoms with Crippen molar-refractivity contribution in [2.45, 2.75) is 33.4 Å². The van der Waals surface area contributed by atoms with Crippen LogP contribution in [0, 0.1) is 13.8 Å². The Bertz CT molecular complexity index is 1030. The molecule has 0 radical (unpaired) electrons. The van der Waals surface area contributed by atoms with E-state index in [0.717, 1.165) is 39.3 Å². The molecule has 164 valence electrons. The van der Waals surface area contributed by atoms with Crippen molar-refractivity contribution < 1.29 is 27.4 Å². The Morgan fingerprint density at radius 1 is 1.00 bits per heavy atom. The molecule has 0 atom stereocenters. The van der Waals surface area contributed by atoms with Gasteiger partial charge in [0, 0.05) is 11.3 Å². The quantitative estimate of drug-likeness (QED) is 0.371. The van der Waals surface area contributed by atoms with E-state index in [1.54, 1.807) is 13.0 Å². The SMILES string of the molecule is CCOC(=O)c1ccc(CCOc2cc(C)c(-c3ccc(C(F)(F)F)cc3)c(C)c2)s1. The fourth-order valence-corrected chi connectivity index (χ4v) is 4.26. The Morgan fingerprint density at radius 3 is 2.23 bits per heavy atom. The van der Waals surface area contributed by atoms with Crippen LogP contribution in [0.2, 0.25) is 0 Å². The number of thiophene rings is 1. The number of benzene rings is 2. The normalized spacial score (nSPS) is 11.4. The Kier molecular flexibility index (Phi) is 7.05. The maximum Gasteiger partial charge on any atom is 0.416 e. The molecule has 0 aliphatic heterocycles. The van der Waals surface area contributed by atoms with Gasteiger partial charge in [-0.2, -0.15) is 13.2 Å². The first-order valence-electron chi connectivity index (χ1n) is 9.86. The molecule has 3 rings (SSSR count). The van der Waals surface area contributed by atoms with E-state index in [1.165, 1.54) is 23.5 Å². The molecule has 3 aromatic rings. The van der Waals surface area contributed by atoms with Crippen molar-refractivity contribution >= 4 is 17.3 Å². The van der Waals surface area contributed by atoms with E-state index < -0.39 is 11.7 Å². The van der Waals surface area contributed by atoms with E-state index in [4.69, 9.17) is 9.47 Å². The number of esters is 1. The summed E-state index contributed by atoms with van der Waals surface area (Å²) in [6.45, 7) is 6.39. The highest BCUT2D eigenvalue weighted by Gasteiger charge is 2.30. The summed E-state index contributed by atoms with van der Waals surface area (Å²) in [7, 11) is 0. The number of hydrogen-bond acceptors (Lipinski definition) is 4. The summed E-state index contributed by atoms with van der Waals surface area (Å²) >= 11 is 1.39. The molecule has 0 aliphatic carbocycles. The number of ether oxygens (including phenoxy) is 2. The molecule has 0 aliphatic rings. The second-order valence-electron chi connectivity index (χ2n) is 7.09. The maximum absolute atomic E-state index is 12.8. The molecule has 2 aromatic carbocycles. The minimum absolute atomic E-state index is 0.315. The topological polar surface area (TPSA) is 35.5 Å². The summed E-state index contributed by atoms with van der Waals surface area (Å²) in [6.07, 6.45) is -3.69. The highest BCUT2D eigenvalue weighted by molar-refractivity contribution is 7.13. The number of carbonyl (C=O) groups is 1.